The molecule has 0 fully saturated rings. The fourth-order valence-electron chi connectivity index (χ4n) is 1.34. The Morgan fingerprint density at radius 2 is 2.10 bits per heavy atom. The molecule has 0 aromatic heterocycles. The van der Waals surface area contributed by atoms with Crippen LogP contribution in [0, 0.1) is 11.8 Å². The number of hydrogen-bond acceptors (Lipinski definition) is 3. The van der Waals surface area contributed by atoms with Crippen LogP contribution in [0.2, 0.25) is 5.02 Å². The third kappa shape index (κ3) is 4.39. The minimum absolute atomic E-state index is 0.162. The third-order valence-electron chi connectivity index (χ3n) is 2.65. The van der Waals surface area contributed by atoms with Crippen LogP contribution in [0.15, 0.2) is 18.2 Å². The summed E-state index contributed by atoms with van der Waals surface area (Å²) in [6, 6.07) is 4.66. The molecule has 5 nitrogen and oxygen atoms in total. The monoisotopic (exact) mass is 315 g/mol. The Labute approximate surface area is 125 Å². The quantitative estimate of drug-likeness (QED) is 0.830. The minimum Gasteiger partial charge on any atom is -0.320 e. The molecule has 0 spiro atoms. The van der Waals surface area contributed by atoms with Gasteiger partial charge in [-0.3, -0.25) is 4.72 Å². The Kier molecular flexibility index (Phi) is 5.84. The van der Waals surface area contributed by atoms with Crippen molar-refractivity contribution < 1.29 is 8.42 Å². The first kappa shape index (κ1) is 16.8. The van der Waals surface area contributed by atoms with Gasteiger partial charge in [-0.25, -0.2) is 0 Å². The van der Waals surface area contributed by atoms with Crippen LogP contribution in [0.4, 0.5) is 5.69 Å². The van der Waals surface area contributed by atoms with Crippen LogP contribution in [0.25, 0.3) is 0 Å². The van der Waals surface area contributed by atoms with E-state index in [1.54, 1.807) is 26.0 Å². The summed E-state index contributed by atoms with van der Waals surface area (Å²) in [5, 5.41) is 0.424. The van der Waals surface area contributed by atoms with Crippen molar-refractivity contribution in [1.82, 2.24) is 4.31 Å². The normalized spacial score (nSPS) is 11.3. The Hall–Kier alpha value is -1.26. The van der Waals surface area contributed by atoms with Crippen LogP contribution in [0.3, 0.4) is 0 Å². The maximum absolute atomic E-state index is 12.2. The van der Waals surface area contributed by atoms with Crippen molar-refractivity contribution in [2.45, 2.75) is 19.9 Å². The predicted octanol–water partition coefficient (Wildman–Crippen LogP) is 1.65. The van der Waals surface area contributed by atoms with Crippen LogP contribution >= 0.6 is 11.6 Å². The van der Waals surface area contributed by atoms with Crippen molar-refractivity contribution in [3.8, 4) is 11.8 Å². The van der Waals surface area contributed by atoms with Crippen LogP contribution in [-0.2, 0) is 10.2 Å². The highest BCUT2D eigenvalue weighted by atomic mass is 35.5. The second-order valence-electron chi connectivity index (χ2n) is 4.41. The van der Waals surface area contributed by atoms with Gasteiger partial charge in [0.2, 0.25) is 0 Å². The van der Waals surface area contributed by atoms with Gasteiger partial charge in [-0.05, 0) is 32.0 Å². The van der Waals surface area contributed by atoms with E-state index in [4.69, 9.17) is 17.3 Å². The molecule has 1 aromatic carbocycles. The number of rotatable bonds is 4. The van der Waals surface area contributed by atoms with E-state index in [1.165, 1.54) is 17.4 Å². The van der Waals surface area contributed by atoms with Gasteiger partial charge >= 0.3 is 10.2 Å². The van der Waals surface area contributed by atoms with E-state index in [-0.39, 0.29) is 12.6 Å². The number of halogens is 1. The summed E-state index contributed by atoms with van der Waals surface area (Å²) in [6.45, 7) is 3.76. The van der Waals surface area contributed by atoms with E-state index >= 15 is 0 Å². The third-order valence-corrected chi connectivity index (χ3v) is 4.54. The fraction of sp³-hybridized carbons (Fsp3) is 0.385. The molecule has 0 aliphatic carbocycles. The van der Waals surface area contributed by atoms with E-state index in [9.17, 15) is 8.42 Å². The highest BCUT2D eigenvalue weighted by Crippen LogP contribution is 2.22. The topological polar surface area (TPSA) is 75.4 Å². The summed E-state index contributed by atoms with van der Waals surface area (Å²) in [5.41, 5.74) is 6.19. The van der Waals surface area contributed by atoms with Gasteiger partial charge in [-0.15, -0.1) is 0 Å². The van der Waals surface area contributed by atoms with Crippen LogP contribution in [0.1, 0.15) is 19.4 Å². The fourth-order valence-corrected chi connectivity index (χ4v) is 2.66. The van der Waals surface area contributed by atoms with Gasteiger partial charge in [0.15, 0.2) is 0 Å². The summed E-state index contributed by atoms with van der Waals surface area (Å²) >= 11 is 5.90. The lowest BCUT2D eigenvalue weighted by Crippen LogP contribution is -2.37. The van der Waals surface area contributed by atoms with Crippen molar-refractivity contribution >= 4 is 27.5 Å². The molecule has 0 aliphatic heterocycles. The molecule has 20 heavy (non-hydrogen) atoms. The summed E-state index contributed by atoms with van der Waals surface area (Å²) in [6.07, 6.45) is 0. The van der Waals surface area contributed by atoms with Gasteiger partial charge in [0.05, 0.1) is 12.2 Å². The van der Waals surface area contributed by atoms with Gasteiger partial charge in [0, 0.05) is 23.7 Å². The average molecular weight is 316 g/mol. The zero-order valence-electron chi connectivity index (χ0n) is 11.6. The molecule has 1 rings (SSSR count). The van der Waals surface area contributed by atoms with Crippen LogP contribution < -0.4 is 10.5 Å². The maximum atomic E-state index is 12.2. The molecule has 0 amide bonds. The molecule has 0 bridgehead atoms. The number of nitrogens with two attached hydrogens (primary N) is 1. The summed E-state index contributed by atoms with van der Waals surface area (Å²) in [4.78, 5) is 0. The van der Waals surface area contributed by atoms with Gasteiger partial charge in [0.1, 0.15) is 0 Å². The first-order chi connectivity index (χ1) is 9.27. The van der Waals surface area contributed by atoms with Gasteiger partial charge < -0.3 is 5.73 Å². The largest absolute Gasteiger partial charge is 0.320 e. The average Bonchev–Trinajstić information content (AvgIpc) is 2.36. The number of benzene rings is 1. The molecule has 0 saturated heterocycles. The number of nitrogens with one attached hydrogen (secondary N) is 1. The van der Waals surface area contributed by atoms with Gasteiger partial charge in [0.25, 0.3) is 0 Å². The highest BCUT2D eigenvalue weighted by Gasteiger charge is 2.21. The lowest BCUT2D eigenvalue weighted by Gasteiger charge is -2.22. The Morgan fingerprint density at radius 1 is 1.45 bits per heavy atom. The lowest BCUT2D eigenvalue weighted by atomic mass is 10.2. The van der Waals surface area contributed by atoms with Gasteiger partial charge in [-0.1, -0.05) is 23.4 Å². The predicted molar refractivity (Wildman–Crippen MR) is 82.8 cm³/mol. The second-order valence-corrected chi connectivity index (χ2v) is 6.58. The van der Waals surface area contributed by atoms with Crippen LogP contribution in [-0.4, -0.2) is 32.4 Å². The lowest BCUT2D eigenvalue weighted by molar-refractivity contribution is 0.414. The first-order valence-electron chi connectivity index (χ1n) is 6.02. The van der Waals surface area contributed by atoms with Crippen molar-refractivity contribution in [2.75, 3.05) is 18.3 Å². The standard InChI is InChI=1S/C13H18ClN3O2S/c1-10(2)17(3)20(18,19)16-13-9-12(14)7-6-11(13)5-4-8-15/h6-7,9-10,16H,8,15H2,1-3H3. The van der Waals surface area contributed by atoms with Crippen molar-refractivity contribution in [3.63, 3.8) is 0 Å². The maximum Gasteiger partial charge on any atom is 0.301 e. The van der Waals surface area contributed by atoms with Crippen molar-refractivity contribution in [1.29, 1.82) is 0 Å². The number of anilines is 1. The molecular weight excluding hydrogens is 298 g/mol. The number of hydrogen-bond donors (Lipinski definition) is 2. The van der Waals surface area contributed by atoms with E-state index in [0.717, 1.165) is 0 Å². The Balaban J connectivity index is 3.17. The van der Waals surface area contributed by atoms with E-state index in [0.29, 0.717) is 16.3 Å². The Morgan fingerprint density at radius 3 is 2.65 bits per heavy atom. The molecule has 0 heterocycles. The van der Waals surface area contributed by atoms with E-state index < -0.39 is 10.2 Å². The molecule has 7 heteroatoms. The first-order valence-corrected chi connectivity index (χ1v) is 7.84. The molecule has 0 unspecified atom stereocenters. The van der Waals surface area contributed by atoms with E-state index in [1.807, 2.05) is 0 Å². The van der Waals surface area contributed by atoms with Crippen molar-refractivity contribution in [3.05, 3.63) is 28.8 Å². The number of nitrogens with zero attached hydrogens (tertiary/aromatic N) is 1. The molecular formula is C13H18ClN3O2S. The smallest absolute Gasteiger partial charge is 0.301 e. The van der Waals surface area contributed by atoms with Crippen LogP contribution in [0.5, 0.6) is 0 Å². The van der Waals surface area contributed by atoms with E-state index in [2.05, 4.69) is 16.6 Å². The molecule has 0 saturated carbocycles. The molecule has 0 atom stereocenters. The molecule has 3 N–H and O–H groups in total. The molecule has 0 aliphatic rings. The molecule has 1 aromatic rings. The van der Waals surface area contributed by atoms with Gasteiger partial charge in [-0.2, -0.15) is 12.7 Å². The highest BCUT2D eigenvalue weighted by molar-refractivity contribution is 7.90. The second kappa shape index (κ2) is 6.95. The minimum atomic E-state index is -3.65. The molecule has 110 valence electrons. The van der Waals surface area contributed by atoms with Crippen molar-refractivity contribution in [2.24, 2.45) is 5.73 Å². The SMILES string of the molecule is CC(C)N(C)S(=O)(=O)Nc1cc(Cl)ccc1C#CCN. The summed E-state index contributed by atoms with van der Waals surface area (Å²) in [7, 11) is -2.15. The zero-order chi connectivity index (χ0) is 15.3. The zero-order valence-corrected chi connectivity index (χ0v) is 13.2. The molecule has 0 radical (unpaired) electrons. The summed E-state index contributed by atoms with van der Waals surface area (Å²) in [5.74, 6) is 5.50. The summed E-state index contributed by atoms with van der Waals surface area (Å²) < 4.78 is 28.1. The Bertz CT molecular complexity index is 633.